The third kappa shape index (κ3) is 2.60. The lowest BCUT2D eigenvalue weighted by Gasteiger charge is -2.03. The molecule has 86 valence electrons. The van der Waals surface area contributed by atoms with Gasteiger partial charge in [0, 0.05) is 5.56 Å². The van der Waals surface area contributed by atoms with Crippen LogP contribution in [0.5, 0.6) is 0 Å². The Balaban J connectivity index is 2.24. The zero-order chi connectivity index (χ0) is 12.3. The number of hydrogen-bond donors (Lipinski definition) is 1. The first-order chi connectivity index (χ1) is 8.16. The van der Waals surface area contributed by atoms with Crippen molar-refractivity contribution in [3.05, 3.63) is 48.0 Å². The molecule has 2 rings (SSSR count). The Hall–Kier alpha value is -2.36. The molecule has 0 atom stereocenters. The number of benzene rings is 2. The van der Waals surface area contributed by atoms with Gasteiger partial charge in [-0.1, -0.05) is 36.4 Å². The van der Waals surface area contributed by atoms with Crippen molar-refractivity contribution < 1.29 is 14.3 Å². The molecule has 17 heavy (non-hydrogen) atoms. The Labute approximate surface area is 98.0 Å². The summed E-state index contributed by atoms with van der Waals surface area (Å²) in [4.78, 5) is 22.1. The summed E-state index contributed by atoms with van der Waals surface area (Å²) in [6.07, 6.45) is -0.945. The summed E-state index contributed by atoms with van der Waals surface area (Å²) in [7, 11) is 0. The topological polar surface area (TPSA) is 69.4 Å². The summed E-state index contributed by atoms with van der Waals surface area (Å²) < 4.78 is 4.46. The number of ether oxygens (including phenoxy) is 1. The van der Waals surface area contributed by atoms with Gasteiger partial charge in [-0.15, -0.1) is 0 Å². The first kappa shape index (κ1) is 11.1. The summed E-state index contributed by atoms with van der Waals surface area (Å²) in [5.41, 5.74) is 5.30. The standard InChI is InChI=1S/C13H11NO3/c14-13(16)17-8-12(15)11-6-5-9-3-1-2-4-10(9)7-11/h1-7H,8H2,(H2,14,16). The van der Waals surface area contributed by atoms with Crippen molar-refractivity contribution in [2.45, 2.75) is 0 Å². The van der Waals surface area contributed by atoms with E-state index in [0.717, 1.165) is 10.8 Å². The Kier molecular flexibility index (Phi) is 3.05. The van der Waals surface area contributed by atoms with Crippen LogP contribution in [-0.4, -0.2) is 18.5 Å². The normalized spacial score (nSPS) is 10.1. The van der Waals surface area contributed by atoms with Gasteiger partial charge in [0.15, 0.2) is 12.4 Å². The minimum Gasteiger partial charge on any atom is -0.441 e. The van der Waals surface area contributed by atoms with Crippen LogP contribution in [0.25, 0.3) is 10.8 Å². The molecule has 0 bridgehead atoms. The molecule has 2 aromatic carbocycles. The van der Waals surface area contributed by atoms with E-state index in [0.29, 0.717) is 5.56 Å². The Bertz CT molecular complexity index is 578. The fourth-order valence-electron chi connectivity index (χ4n) is 1.58. The molecule has 2 N–H and O–H groups in total. The van der Waals surface area contributed by atoms with Gasteiger partial charge < -0.3 is 10.5 Å². The highest BCUT2D eigenvalue weighted by atomic mass is 16.5. The van der Waals surface area contributed by atoms with Gasteiger partial charge in [-0.25, -0.2) is 4.79 Å². The van der Waals surface area contributed by atoms with Gasteiger partial charge in [0.05, 0.1) is 0 Å². The minimum atomic E-state index is -0.945. The summed E-state index contributed by atoms with van der Waals surface area (Å²) >= 11 is 0. The Morgan fingerprint density at radius 2 is 1.76 bits per heavy atom. The second-order valence-electron chi connectivity index (χ2n) is 3.59. The van der Waals surface area contributed by atoms with Gasteiger partial charge >= 0.3 is 6.09 Å². The van der Waals surface area contributed by atoms with E-state index in [1.54, 1.807) is 12.1 Å². The number of fused-ring (bicyclic) bond motifs is 1. The van der Waals surface area contributed by atoms with Gasteiger partial charge in [0.25, 0.3) is 0 Å². The molecule has 0 aliphatic rings. The highest BCUT2D eigenvalue weighted by Crippen LogP contribution is 2.15. The number of carbonyl (C=O) groups excluding carboxylic acids is 2. The molecule has 0 radical (unpaired) electrons. The predicted octanol–water partition coefficient (Wildman–Crippen LogP) is 2.12. The molecule has 4 heteroatoms. The van der Waals surface area contributed by atoms with E-state index < -0.39 is 6.09 Å². The third-order valence-corrected chi connectivity index (χ3v) is 2.42. The van der Waals surface area contributed by atoms with Crippen LogP contribution in [0.3, 0.4) is 0 Å². The van der Waals surface area contributed by atoms with Crippen molar-refractivity contribution in [1.29, 1.82) is 0 Å². The van der Waals surface area contributed by atoms with Crippen LogP contribution in [-0.2, 0) is 4.74 Å². The van der Waals surface area contributed by atoms with Gasteiger partial charge in [0.2, 0.25) is 0 Å². The molecule has 4 nitrogen and oxygen atoms in total. The average Bonchev–Trinajstić information content (AvgIpc) is 2.35. The van der Waals surface area contributed by atoms with Gasteiger partial charge in [0.1, 0.15) is 0 Å². The van der Waals surface area contributed by atoms with Crippen molar-refractivity contribution in [3.63, 3.8) is 0 Å². The van der Waals surface area contributed by atoms with Crippen molar-refractivity contribution in [2.75, 3.05) is 6.61 Å². The summed E-state index contributed by atoms with van der Waals surface area (Å²) in [5.74, 6) is -0.269. The van der Waals surface area contributed by atoms with E-state index in [-0.39, 0.29) is 12.4 Å². The number of rotatable bonds is 3. The van der Waals surface area contributed by atoms with Crippen LogP contribution >= 0.6 is 0 Å². The lowest BCUT2D eigenvalue weighted by molar-refractivity contribution is 0.0858. The van der Waals surface area contributed by atoms with E-state index in [2.05, 4.69) is 4.74 Å². The smallest absolute Gasteiger partial charge is 0.404 e. The van der Waals surface area contributed by atoms with E-state index in [9.17, 15) is 9.59 Å². The molecule has 0 aliphatic heterocycles. The van der Waals surface area contributed by atoms with Crippen molar-refractivity contribution >= 4 is 22.6 Å². The van der Waals surface area contributed by atoms with Crippen LogP contribution in [0, 0.1) is 0 Å². The number of nitrogens with two attached hydrogens (primary N) is 1. The number of primary amides is 1. The quantitative estimate of drug-likeness (QED) is 0.819. The Morgan fingerprint density at radius 1 is 1.06 bits per heavy atom. The number of hydrogen-bond acceptors (Lipinski definition) is 3. The van der Waals surface area contributed by atoms with E-state index >= 15 is 0 Å². The SMILES string of the molecule is NC(=O)OCC(=O)c1ccc2ccccc2c1. The predicted molar refractivity (Wildman–Crippen MR) is 63.8 cm³/mol. The third-order valence-electron chi connectivity index (χ3n) is 2.42. The first-order valence-corrected chi connectivity index (χ1v) is 5.11. The highest BCUT2D eigenvalue weighted by Gasteiger charge is 2.08. The molecule has 0 saturated carbocycles. The highest BCUT2D eigenvalue weighted by molar-refractivity contribution is 6.01. The summed E-state index contributed by atoms with van der Waals surface area (Å²) in [6, 6.07) is 13.0. The van der Waals surface area contributed by atoms with Crippen molar-refractivity contribution in [3.8, 4) is 0 Å². The lowest BCUT2D eigenvalue weighted by Crippen LogP contribution is -2.18. The van der Waals surface area contributed by atoms with Gasteiger partial charge in [-0.2, -0.15) is 0 Å². The number of carbonyl (C=O) groups is 2. The molecule has 1 amide bonds. The fourth-order valence-corrected chi connectivity index (χ4v) is 1.58. The molecule has 0 aromatic heterocycles. The van der Waals surface area contributed by atoms with Crippen LogP contribution in [0.2, 0.25) is 0 Å². The Morgan fingerprint density at radius 3 is 2.47 bits per heavy atom. The summed E-state index contributed by atoms with van der Waals surface area (Å²) in [6.45, 7) is -0.326. The maximum Gasteiger partial charge on any atom is 0.404 e. The number of ketones is 1. The van der Waals surface area contributed by atoms with Gasteiger partial charge in [-0.3, -0.25) is 4.79 Å². The molecule has 0 saturated heterocycles. The van der Waals surface area contributed by atoms with Crippen molar-refractivity contribution in [2.24, 2.45) is 5.73 Å². The molecule has 0 heterocycles. The number of Topliss-reactive ketones (excluding diaryl/α,β-unsaturated/α-hetero) is 1. The van der Waals surface area contributed by atoms with E-state index in [4.69, 9.17) is 5.73 Å². The molecular formula is C13H11NO3. The molecular weight excluding hydrogens is 218 g/mol. The van der Waals surface area contributed by atoms with E-state index in [1.165, 1.54) is 0 Å². The molecule has 0 spiro atoms. The minimum absolute atomic E-state index is 0.269. The fraction of sp³-hybridized carbons (Fsp3) is 0.0769. The molecule has 0 unspecified atom stereocenters. The van der Waals surface area contributed by atoms with Crippen LogP contribution in [0.15, 0.2) is 42.5 Å². The molecule has 0 fully saturated rings. The van der Waals surface area contributed by atoms with Gasteiger partial charge in [-0.05, 0) is 16.8 Å². The largest absolute Gasteiger partial charge is 0.441 e. The number of amides is 1. The zero-order valence-corrected chi connectivity index (χ0v) is 9.05. The molecule has 0 aliphatic carbocycles. The maximum atomic E-state index is 11.7. The lowest BCUT2D eigenvalue weighted by atomic mass is 10.0. The second-order valence-corrected chi connectivity index (χ2v) is 3.59. The van der Waals surface area contributed by atoms with E-state index in [1.807, 2.05) is 30.3 Å². The zero-order valence-electron chi connectivity index (χ0n) is 9.05. The van der Waals surface area contributed by atoms with Crippen LogP contribution < -0.4 is 5.73 Å². The summed E-state index contributed by atoms with van der Waals surface area (Å²) in [5, 5.41) is 2.03. The average molecular weight is 229 g/mol. The van der Waals surface area contributed by atoms with Crippen LogP contribution in [0.4, 0.5) is 4.79 Å². The van der Waals surface area contributed by atoms with Crippen LogP contribution in [0.1, 0.15) is 10.4 Å². The van der Waals surface area contributed by atoms with Crippen molar-refractivity contribution in [1.82, 2.24) is 0 Å². The maximum absolute atomic E-state index is 11.7. The second kappa shape index (κ2) is 4.65. The monoisotopic (exact) mass is 229 g/mol. The molecule has 2 aromatic rings. The first-order valence-electron chi connectivity index (χ1n) is 5.11.